The number of anilines is 3. The molecule has 0 fully saturated rings. The third-order valence-electron chi connectivity index (χ3n) is 3.66. The van der Waals surface area contributed by atoms with E-state index in [0.717, 1.165) is 11.3 Å². The number of nitrogens with one attached hydrogen (secondary N) is 4. The first-order valence-electron chi connectivity index (χ1n) is 8.11. The lowest BCUT2D eigenvalue weighted by Gasteiger charge is -2.11. The van der Waals surface area contributed by atoms with Crippen LogP contribution >= 0.6 is 0 Å². The quantitative estimate of drug-likeness (QED) is 0.501. The second-order valence-electron chi connectivity index (χ2n) is 5.60. The van der Waals surface area contributed by atoms with Crippen molar-refractivity contribution in [3.63, 3.8) is 0 Å². The Bertz CT molecular complexity index is 931. The molecule has 0 spiro atoms. The fourth-order valence-corrected chi connectivity index (χ4v) is 2.30. The van der Waals surface area contributed by atoms with Crippen molar-refractivity contribution in [3.8, 4) is 0 Å². The molecule has 8 heteroatoms. The topological polar surface area (TPSA) is 103 Å². The molecule has 2 aromatic heterocycles. The van der Waals surface area contributed by atoms with E-state index < -0.39 is 6.03 Å². The highest BCUT2D eigenvalue weighted by Gasteiger charge is 2.07. The van der Waals surface area contributed by atoms with Gasteiger partial charge in [0.05, 0.1) is 11.9 Å². The second kappa shape index (κ2) is 8.52. The minimum absolute atomic E-state index is 0.255. The van der Waals surface area contributed by atoms with Crippen LogP contribution in [0.15, 0.2) is 61.1 Å². The van der Waals surface area contributed by atoms with Crippen molar-refractivity contribution >= 4 is 29.4 Å². The summed E-state index contributed by atoms with van der Waals surface area (Å²) in [7, 11) is 0. The van der Waals surface area contributed by atoms with Gasteiger partial charge in [0.1, 0.15) is 11.6 Å². The molecule has 1 aromatic carbocycles. The van der Waals surface area contributed by atoms with Crippen LogP contribution in [0.4, 0.5) is 26.4 Å². The van der Waals surface area contributed by atoms with E-state index >= 15 is 0 Å². The predicted octanol–water partition coefficient (Wildman–Crippen LogP) is 3.68. The zero-order valence-electron chi connectivity index (χ0n) is 14.2. The monoisotopic (exact) mass is 364 g/mol. The van der Waals surface area contributed by atoms with E-state index in [2.05, 4.69) is 25.9 Å². The average molecular weight is 364 g/mol. The van der Waals surface area contributed by atoms with Gasteiger partial charge >= 0.3 is 6.03 Å². The van der Waals surface area contributed by atoms with E-state index in [-0.39, 0.29) is 12.4 Å². The Kier molecular flexibility index (Phi) is 5.68. The molecule has 0 radical (unpaired) electrons. The molecule has 3 aromatic rings. The smallest absolute Gasteiger partial charge is 0.320 e. The van der Waals surface area contributed by atoms with Gasteiger partial charge in [-0.3, -0.25) is 10.3 Å². The molecular weight excluding hydrogens is 347 g/mol. The number of hydrogen-bond donors (Lipinski definition) is 4. The average Bonchev–Trinajstić information content (AvgIpc) is 2.69. The summed E-state index contributed by atoms with van der Waals surface area (Å²) in [6.45, 7) is 0.255. The fourth-order valence-electron chi connectivity index (χ4n) is 2.30. The third kappa shape index (κ3) is 5.08. The molecule has 0 saturated carbocycles. The summed E-state index contributed by atoms with van der Waals surface area (Å²) < 4.78 is 12.9. The zero-order valence-corrected chi connectivity index (χ0v) is 14.2. The van der Waals surface area contributed by atoms with E-state index in [1.807, 2.05) is 0 Å². The number of aromatic nitrogens is 2. The summed E-state index contributed by atoms with van der Waals surface area (Å²) in [5.41, 5.74) is 2.79. The van der Waals surface area contributed by atoms with Crippen LogP contribution in [0, 0.1) is 11.2 Å². The number of amides is 2. The minimum Gasteiger partial charge on any atom is -0.354 e. The molecular formula is C19H17FN6O. The van der Waals surface area contributed by atoms with Crippen molar-refractivity contribution in [2.75, 3.05) is 10.6 Å². The number of nitrogens with zero attached hydrogens (tertiary/aromatic N) is 2. The first-order valence-corrected chi connectivity index (χ1v) is 8.11. The number of pyridine rings is 2. The van der Waals surface area contributed by atoms with E-state index in [9.17, 15) is 9.18 Å². The van der Waals surface area contributed by atoms with Crippen LogP contribution in [-0.4, -0.2) is 22.2 Å². The normalized spacial score (nSPS) is 10.1. The molecule has 0 unspecified atom stereocenters. The van der Waals surface area contributed by atoms with Gasteiger partial charge in [0.25, 0.3) is 0 Å². The number of rotatable bonds is 6. The van der Waals surface area contributed by atoms with Crippen molar-refractivity contribution in [3.05, 3.63) is 78.0 Å². The van der Waals surface area contributed by atoms with Gasteiger partial charge < -0.3 is 16.0 Å². The summed E-state index contributed by atoms with van der Waals surface area (Å²) in [6, 6.07) is 10.6. The molecule has 0 bridgehead atoms. The number of urea groups is 1. The summed E-state index contributed by atoms with van der Waals surface area (Å²) >= 11 is 0. The van der Waals surface area contributed by atoms with E-state index in [1.165, 1.54) is 24.5 Å². The molecule has 4 N–H and O–H groups in total. The van der Waals surface area contributed by atoms with Crippen molar-refractivity contribution in [1.82, 2.24) is 15.3 Å². The van der Waals surface area contributed by atoms with E-state index in [0.29, 0.717) is 17.1 Å². The number of carbonyl (C=O) groups excluding carboxylic acids is 1. The molecule has 3 rings (SSSR count). The van der Waals surface area contributed by atoms with Gasteiger partial charge in [-0.2, -0.15) is 0 Å². The Hall–Kier alpha value is -3.81. The first kappa shape index (κ1) is 18.0. The molecule has 0 atom stereocenters. The van der Waals surface area contributed by atoms with Crippen LogP contribution in [0.3, 0.4) is 0 Å². The number of carbonyl (C=O) groups is 1. The summed E-state index contributed by atoms with van der Waals surface area (Å²) in [6.07, 6.45) is 6.02. The lowest BCUT2D eigenvalue weighted by Crippen LogP contribution is -2.28. The van der Waals surface area contributed by atoms with Gasteiger partial charge in [0, 0.05) is 36.4 Å². The highest BCUT2D eigenvalue weighted by molar-refractivity contribution is 5.92. The highest BCUT2D eigenvalue weighted by Crippen LogP contribution is 2.20. The van der Waals surface area contributed by atoms with Crippen LogP contribution in [0.25, 0.3) is 0 Å². The van der Waals surface area contributed by atoms with Gasteiger partial charge in [-0.05, 0) is 35.9 Å². The van der Waals surface area contributed by atoms with Crippen molar-refractivity contribution in [2.24, 2.45) is 0 Å². The van der Waals surface area contributed by atoms with Crippen molar-refractivity contribution < 1.29 is 9.18 Å². The highest BCUT2D eigenvalue weighted by atomic mass is 19.1. The van der Waals surface area contributed by atoms with Crippen LogP contribution in [-0.2, 0) is 6.54 Å². The first-order chi connectivity index (χ1) is 13.1. The van der Waals surface area contributed by atoms with Crippen LogP contribution < -0.4 is 16.0 Å². The SMILES string of the molecule is N=Cc1cc(NC(=O)NCc2ccc(F)cc2)ncc1Nc1ccncc1. The van der Waals surface area contributed by atoms with Gasteiger partial charge in [0.15, 0.2) is 0 Å². The summed E-state index contributed by atoms with van der Waals surface area (Å²) in [4.78, 5) is 20.1. The molecule has 7 nitrogen and oxygen atoms in total. The minimum atomic E-state index is -0.447. The molecule has 0 aliphatic heterocycles. The summed E-state index contributed by atoms with van der Waals surface area (Å²) in [5, 5.41) is 16.0. The standard InChI is InChI=1S/C19H17FN6O/c20-15-3-1-13(2-4-15)11-24-19(27)26-18-9-14(10-21)17(12-23-18)25-16-5-7-22-8-6-16/h1-10,12,21H,11H2,(H,22,25)(H2,23,24,26,27). The number of hydrogen-bond acceptors (Lipinski definition) is 5. The van der Waals surface area contributed by atoms with E-state index in [4.69, 9.17) is 5.41 Å². The van der Waals surface area contributed by atoms with Crippen molar-refractivity contribution in [2.45, 2.75) is 6.54 Å². The lowest BCUT2D eigenvalue weighted by molar-refractivity contribution is 0.251. The Morgan fingerprint density at radius 3 is 2.59 bits per heavy atom. The Balaban J connectivity index is 1.62. The molecule has 2 amide bonds. The zero-order chi connectivity index (χ0) is 19.1. The van der Waals surface area contributed by atoms with Crippen LogP contribution in [0.2, 0.25) is 0 Å². The third-order valence-corrected chi connectivity index (χ3v) is 3.66. The maximum absolute atomic E-state index is 12.9. The number of halogens is 1. The van der Waals surface area contributed by atoms with Gasteiger partial charge in [-0.25, -0.2) is 14.2 Å². The maximum Gasteiger partial charge on any atom is 0.320 e. The number of benzene rings is 1. The van der Waals surface area contributed by atoms with Crippen LogP contribution in [0.1, 0.15) is 11.1 Å². The summed E-state index contributed by atoms with van der Waals surface area (Å²) in [5.74, 6) is -0.0163. The van der Waals surface area contributed by atoms with Crippen molar-refractivity contribution in [1.29, 1.82) is 5.41 Å². The largest absolute Gasteiger partial charge is 0.354 e. The van der Waals surface area contributed by atoms with Crippen LogP contribution in [0.5, 0.6) is 0 Å². The van der Waals surface area contributed by atoms with Gasteiger partial charge in [0.2, 0.25) is 0 Å². The molecule has 136 valence electrons. The predicted molar refractivity (Wildman–Crippen MR) is 102 cm³/mol. The molecule has 0 aliphatic rings. The van der Waals surface area contributed by atoms with Gasteiger partial charge in [-0.15, -0.1) is 0 Å². The lowest BCUT2D eigenvalue weighted by atomic mass is 10.2. The Morgan fingerprint density at radius 2 is 1.89 bits per heavy atom. The maximum atomic E-state index is 12.9. The second-order valence-corrected chi connectivity index (χ2v) is 5.60. The fraction of sp³-hybridized carbons (Fsp3) is 0.0526. The molecule has 2 heterocycles. The van der Waals surface area contributed by atoms with E-state index in [1.54, 1.807) is 42.7 Å². The Morgan fingerprint density at radius 1 is 1.15 bits per heavy atom. The Labute approximate surface area is 155 Å². The molecule has 27 heavy (non-hydrogen) atoms. The molecule has 0 aliphatic carbocycles. The molecule has 0 saturated heterocycles. The van der Waals surface area contributed by atoms with Gasteiger partial charge in [-0.1, -0.05) is 12.1 Å².